The summed E-state index contributed by atoms with van der Waals surface area (Å²) in [6.07, 6.45) is 1.55. The lowest BCUT2D eigenvalue weighted by Crippen LogP contribution is -2.44. The molecule has 1 aliphatic heterocycles. The van der Waals surface area contributed by atoms with Gasteiger partial charge in [0.15, 0.2) is 0 Å². The molecule has 2 rings (SSSR count). The highest BCUT2D eigenvalue weighted by molar-refractivity contribution is 5.68. The third-order valence-electron chi connectivity index (χ3n) is 4.05. The summed E-state index contributed by atoms with van der Waals surface area (Å²) < 4.78 is 5.42. The van der Waals surface area contributed by atoms with Gasteiger partial charge in [-0.25, -0.2) is 4.79 Å². The van der Waals surface area contributed by atoms with Crippen LogP contribution in [0.15, 0.2) is 12.1 Å². The van der Waals surface area contributed by atoms with E-state index < -0.39 is 5.60 Å². The van der Waals surface area contributed by atoms with E-state index in [4.69, 9.17) is 4.74 Å². The van der Waals surface area contributed by atoms with Crippen LogP contribution in [0.25, 0.3) is 0 Å². The van der Waals surface area contributed by atoms with Gasteiger partial charge in [0.2, 0.25) is 0 Å². The summed E-state index contributed by atoms with van der Waals surface area (Å²) in [5, 5.41) is 13.3. The van der Waals surface area contributed by atoms with Crippen molar-refractivity contribution < 1.29 is 14.6 Å². The summed E-state index contributed by atoms with van der Waals surface area (Å²) in [5.41, 5.74) is 2.50. The Hall–Kier alpha value is -1.91. The monoisotopic (exact) mass is 320 g/mol. The number of phenols is 1. The molecule has 0 radical (unpaired) electrons. The highest BCUT2D eigenvalue weighted by Gasteiger charge is 2.27. The van der Waals surface area contributed by atoms with Crippen LogP contribution < -0.4 is 5.32 Å². The van der Waals surface area contributed by atoms with Crippen molar-refractivity contribution in [1.82, 2.24) is 4.90 Å². The summed E-state index contributed by atoms with van der Waals surface area (Å²) in [4.78, 5) is 13.8. The van der Waals surface area contributed by atoms with Gasteiger partial charge in [0.1, 0.15) is 11.4 Å². The molecule has 0 aromatic heterocycles. The number of ether oxygens (including phenoxy) is 1. The predicted molar refractivity (Wildman–Crippen MR) is 92.0 cm³/mol. The van der Waals surface area contributed by atoms with Crippen LogP contribution >= 0.6 is 0 Å². The summed E-state index contributed by atoms with van der Waals surface area (Å²) in [6.45, 7) is 10.9. The van der Waals surface area contributed by atoms with Crippen LogP contribution in [0.4, 0.5) is 10.5 Å². The lowest BCUT2D eigenvalue weighted by Gasteiger charge is -2.34. The fourth-order valence-electron chi connectivity index (χ4n) is 2.71. The number of carbonyl (C=O) groups excluding carboxylic acids is 1. The van der Waals surface area contributed by atoms with Crippen molar-refractivity contribution in [2.24, 2.45) is 0 Å². The summed E-state index contributed by atoms with van der Waals surface area (Å²) in [7, 11) is 0. The Bertz CT molecular complexity index is 570. The molecule has 128 valence electrons. The first-order chi connectivity index (χ1) is 10.7. The number of aryl methyl sites for hydroxylation is 2. The maximum Gasteiger partial charge on any atom is 0.410 e. The van der Waals surface area contributed by atoms with Gasteiger partial charge < -0.3 is 20.1 Å². The molecule has 0 aliphatic carbocycles. The van der Waals surface area contributed by atoms with Gasteiger partial charge >= 0.3 is 6.09 Å². The van der Waals surface area contributed by atoms with Crippen LogP contribution in [0.2, 0.25) is 0 Å². The van der Waals surface area contributed by atoms with Crippen LogP contribution in [0, 0.1) is 13.8 Å². The molecule has 0 saturated carbocycles. The first-order valence-corrected chi connectivity index (χ1v) is 8.20. The molecule has 1 aliphatic rings. The van der Waals surface area contributed by atoms with Gasteiger partial charge in [-0.2, -0.15) is 0 Å². The number of hydrogen-bond donors (Lipinski definition) is 2. The van der Waals surface area contributed by atoms with E-state index in [0.717, 1.165) is 29.7 Å². The Kier molecular flexibility index (Phi) is 5.07. The lowest BCUT2D eigenvalue weighted by atomic mass is 10.0. The SMILES string of the molecule is Cc1cc(NC2CCN(C(=O)OC(C)(C)C)CC2)c(C)cc1O. The van der Waals surface area contributed by atoms with Crippen LogP contribution in [0.1, 0.15) is 44.7 Å². The van der Waals surface area contributed by atoms with Crippen LogP contribution in [0.5, 0.6) is 5.75 Å². The van der Waals surface area contributed by atoms with Crippen LogP contribution in [0.3, 0.4) is 0 Å². The maximum absolute atomic E-state index is 12.1. The van der Waals surface area contributed by atoms with Crippen molar-refractivity contribution in [3.8, 4) is 5.75 Å². The van der Waals surface area contributed by atoms with Gasteiger partial charge in [0.25, 0.3) is 0 Å². The highest BCUT2D eigenvalue weighted by Crippen LogP contribution is 2.27. The first-order valence-electron chi connectivity index (χ1n) is 8.20. The number of likely N-dealkylation sites (tertiary alicyclic amines) is 1. The third kappa shape index (κ3) is 4.78. The molecule has 23 heavy (non-hydrogen) atoms. The number of phenolic OH excluding ortho intramolecular Hbond substituents is 1. The van der Waals surface area contributed by atoms with Gasteiger partial charge in [-0.05, 0) is 70.7 Å². The molecule has 1 aromatic rings. The van der Waals surface area contributed by atoms with Crippen molar-refractivity contribution in [3.05, 3.63) is 23.3 Å². The molecule has 1 heterocycles. The molecule has 0 unspecified atom stereocenters. The summed E-state index contributed by atoms with van der Waals surface area (Å²) >= 11 is 0. The van der Waals surface area contributed by atoms with E-state index in [0.29, 0.717) is 24.9 Å². The number of amides is 1. The van der Waals surface area contributed by atoms with E-state index in [1.54, 1.807) is 11.0 Å². The number of aromatic hydroxyl groups is 1. The quantitative estimate of drug-likeness (QED) is 0.813. The zero-order valence-electron chi connectivity index (χ0n) is 14.8. The van der Waals surface area contributed by atoms with Gasteiger partial charge in [-0.15, -0.1) is 0 Å². The molecule has 5 heteroatoms. The number of rotatable bonds is 2. The fourth-order valence-corrected chi connectivity index (χ4v) is 2.71. The molecule has 1 amide bonds. The predicted octanol–water partition coefficient (Wildman–Crippen LogP) is 3.82. The number of piperidine rings is 1. The van der Waals surface area contributed by atoms with Crippen molar-refractivity contribution in [3.63, 3.8) is 0 Å². The first kappa shape index (κ1) is 17.4. The molecule has 0 spiro atoms. The minimum atomic E-state index is -0.452. The molecule has 0 bridgehead atoms. The second-order valence-corrected chi connectivity index (χ2v) is 7.34. The Morgan fingerprint density at radius 2 is 1.83 bits per heavy atom. The highest BCUT2D eigenvalue weighted by atomic mass is 16.6. The standard InChI is InChI=1S/C18H28N2O3/c1-12-11-16(21)13(2)10-15(12)19-14-6-8-20(9-7-14)17(22)23-18(3,4)5/h10-11,14,19,21H,6-9H2,1-5H3. The number of anilines is 1. The Balaban J connectivity index is 1.90. The molecular weight excluding hydrogens is 292 g/mol. The molecule has 0 atom stereocenters. The number of benzene rings is 1. The smallest absolute Gasteiger partial charge is 0.410 e. The minimum absolute atomic E-state index is 0.229. The molecule has 2 N–H and O–H groups in total. The third-order valence-corrected chi connectivity index (χ3v) is 4.05. The average Bonchev–Trinajstić information content (AvgIpc) is 2.43. The van der Waals surface area contributed by atoms with Gasteiger partial charge in [-0.1, -0.05) is 0 Å². The second kappa shape index (κ2) is 6.69. The maximum atomic E-state index is 12.1. The minimum Gasteiger partial charge on any atom is -0.508 e. The summed E-state index contributed by atoms with van der Waals surface area (Å²) in [6, 6.07) is 4.09. The topological polar surface area (TPSA) is 61.8 Å². The van der Waals surface area contributed by atoms with E-state index in [-0.39, 0.29) is 6.09 Å². The second-order valence-electron chi connectivity index (χ2n) is 7.34. The Morgan fingerprint density at radius 1 is 1.22 bits per heavy atom. The van der Waals surface area contributed by atoms with E-state index in [1.165, 1.54) is 0 Å². The molecule has 1 fully saturated rings. The van der Waals surface area contributed by atoms with Crippen LogP contribution in [-0.2, 0) is 4.74 Å². The Labute approximate surface area is 138 Å². The van der Waals surface area contributed by atoms with Crippen molar-refractivity contribution in [2.45, 2.75) is 59.1 Å². The fraction of sp³-hybridized carbons (Fsp3) is 0.611. The average molecular weight is 320 g/mol. The van der Waals surface area contributed by atoms with E-state index >= 15 is 0 Å². The van der Waals surface area contributed by atoms with E-state index in [1.807, 2.05) is 40.7 Å². The number of nitrogens with one attached hydrogen (secondary N) is 1. The van der Waals surface area contributed by atoms with Crippen molar-refractivity contribution in [2.75, 3.05) is 18.4 Å². The van der Waals surface area contributed by atoms with Crippen molar-refractivity contribution >= 4 is 11.8 Å². The number of hydrogen-bond acceptors (Lipinski definition) is 4. The number of nitrogens with zero attached hydrogens (tertiary/aromatic N) is 1. The van der Waals surface area contributed by atoms with Crippen LogP contribution in [-0.4, -0.2) is 40.8 Å². The van der Waals surface area contributed by atoms with Gasteiger partial charge in [0, 0.05) is 24.8 Å². The van der Waals surface area contributed by atoms with Gasteiger partial charge in [-0.3, -0.25) is 0 Å². The van der Waals surface area contributed by atoms with Crippen molar-refractivity contribution in [1.29, 1.82) is 0 Å². The Morgan fingerprint density at radius 3 is 2.39 bits per heavy atom. The largest absolute Gasteiger partial charge is 0.508 e. The van der Waals surface area contributed by atoms with E-state index in [2.05, 4.69) is 5.32 Å². The molecular formula is C18H28N2O3. The van der Waals surface area contributed by atoms with Gasteiger partial charge in [0.05, 0.1) is 0 Å². The number of carbonyl (C=O) groups is 1. The normalized spacial score (nSPS) is 16.3. The molecule has 1 saturated heterocycles. The summed E-state index contributed by atoms with van der Waals surface area (Å²) in [5.74, 6) is 0.327. The van der Waals surface area contributed by atoms with E-state index in [9.17, 15) is 9.90 Å². The lowest BCUT2D eigenvalue weighted by molar-refractivity contribution is 0.0210. The zero-order chi connectivity index (χ0) is 17.2. The zero-order valence-corrected chi connectivity index (χ0v) is 14.8. The molecule has 5 nitrogen and oxygen atoms in total. The molecule has 1 aromatic carbocycles.